The average molecular weight is 334 g/mol. The third-order valence-electron chi connectivity index (χ3n) is 3.89. The minimum absolute atomic E-state index is 0.00406. The lowest BCUT2D eigenvalue weighted by Gasteiger charge is -2.26. The van der Waals surface area contributed by atoms with Crippen LogP contribution in [0.3, 0.4) is 0 Å². The van der Waals surface area contributed by atoms with E-state index in [-0.39, 0.29) is 5.78 Å². The van der Waals surface area contributed by atoms with Crippen LogP contribution < -0.4 is 4.74 Å². The number of hydrogen-bond acceptors (Lipinski definition) is 3. The molecule has 1 unspecified atom stereocenters. The van der Waals surface area contributed by atoms with Crippen molar-refractivity contribution >= 4 is 5.78 Å². The van der Waals surface area contributed by atoms with Crippen molar-refractivity contribution in [3.05, 3.63) is 73.1 Å². The van der Waals surface area contributed by atoms with Gasteiger partial charge in [0.15, 0.2) is 5.78 Å². The highest BCUT2D eigenvalue weighted by molar-refractivity contribution is 5.86. The second kappa shape index (κ2) is 6.93. The molecular formula is C21H22N2O2. The molecule has 128 valence electrons. The molecule has 4 heteroatoms. The van der Waals surface area contributed by atoms with Crippen molar-refractivity contribution in [3.8, 4) is 17.1 Å². The largest absolute Gasteiger partial charge is 0.446 e. The van der Waals surface area contributed by atoms with Crippen molar-refractivity contribution in [1.82, 2.24) is 9.55 Å². The highest BCUT2D eigenvalue weighted by Crippen LogP contribution is 2.27. The molecule has 0 aliphatic heterocycles. The molecule has 4 nitrogen and oxygen atoms in total. The summed E-state index contributed by atoms with van der Waals surface area (Å²) in [6.45, 7) is 5.68. The molecular weight excluding hydrogens is 312 g/mol. The van der Waals surface area contributed by atoms with Gasteiger partial charge < -0.3 is 9.30 Å². The molecule has 0 spiro atoms. The van der Waals surface area contributed by atoms with Gasteiger partial charge >= 0.3 is 0 Å². The number of pyridine rings is 1. The topological polar surface area (TPSA) is 44.1 Å². The molecule has 0 fully saturated rings. The monoisotopic (exact) mass is 334 g/mol. The summed E-state index contributed by atoms with van der Waals surface area (Å²) in [5.41, 5.74) is 1.30. The molecule has 2 heterocycles. The summed E-state index contributed by atoms with van der Waals surface area (Å²) in [5.74, 6) is 0.424. The van der Waals surface area contributed by atoms with Crippen molar-refractivity contribution in [3.63, 3.8) is 0 Å². The fourth-order valence-electron chi connectivity index (χ4n) is 2.49. The quantitative estimate of drug-likeness (QED) is 0.677. The first-order valence-electron chi connectivity index (χ1n) is 8.31. The van der Waals surface area contributed by atoms with Crippen LogP contribution in [-0.4, -0.2) is 15.3 Å². The van der Waals surface area contributed by atoms with Crippen LogP contribution >= 0.6 is 0 Å². The Balaban J connectivity index is 1.91. The Morgan fingerprint density at radius 1 is 0.960 bits per heavy atom. The SMILES string of the molecule is CC(C)(C)C(=O)C(Oc1cccc(-c2ccccc2)n1)n1cccc1. The van der Waals surface area contributed by atoms with E-state index < -0.39 is 11.6 Å². The van der Waals surface area contributed by atoms with E-state index in [1.165, 1.54) is 0 Å². The molecule has 1 aromatic carbocycles. The van der Waals surface area contributed by atoms with E-state index in [1.54, 1.807) is 10.6 Å². The van der Waals surface area contributed by atoms with E-state index >= 15 is 0 Å². The number of carbonyl (C=O) groups excluding carboxylic acids is 1. The Kier molecular flexibility index (Phi) is 4.70. The number of rotatable bonds is 5. The molecule has 0 saturated heterocycles. The Morgan fingerprint density at radius 3 is 2.28 bits per heavy atom. The summed E-state index contributed by atoms with van der Waals surface area (Å²) < 4.78 is 7.78. The molecule has 0 saturated carbocycles. The summed E-state index contributed by atoms with van der Waals surface area (Å²) in [6, 6.07) is 19.2. The van der Waals surface area contributed by atoms with Crippen LogP contribution in [-0.2, 0) is 4.79 Å². The number of ketones is 1. The Morgan fingerprint density at radius 2 is 1.64 bits per heavy atom. The number of hydrogen-bond donors (Lipinski definition) is 0. The maximum Gasteiger partial charge on any atom is 0.237 e. The van der Waals surface area contributed by atoms with Crippen LogP contribution in [0.5, 0.6) is 5.88 Å². The van der Waals surface area contributed by atoms with Gasteiger partial charge in [0.1, 0.15) is 0 Å². The number of Topliss-reactive ketones (excluding diaryl/α,β-unsaturated/α-hetero) is 1. The van der Waals surface area contributed by atoms with Gasteiger partial charge in [-0.15, -0.1) is 0 Å². The van der Waals surface area contributed by atoms with Crippen LogP contribution in [0.4, 0.5) is 0 Å². The van der Waals surface area contributed by atoms with E-state index in [4.69, 9.17) is 4.74 Å². The Bertz CT molecular complexity index is 834. The zero-order valence-corrected chi connectivity index (χ0v) is 14.7. The molecule has 0 radical (unpaired) electrons. The summed E-state index contributed by atoms with van der Waals surface area (Å²) >= 11 is 0. The fraction of sp³-hybridized carbons (Fsp3) is 0.238. The zero-order valence-electron chi connectivity index (χ0n) is 14.7. The van der Waals surface area contributed by atoms with Gasteiger partial charge in [-0.05, 0) is 18.2 Å². The third kappa shape index (κ3) is 3.97. The fourth-order valence-corrected chi connectivity index (χ4v) is 2.49. The van der Waals surface area contributed by atoms with E-state index in [2.05, 4.69) is 4.98 Å². The Hall–Kier alpha value is -2.88. The van der Waals surface area contributed by atoms with Gasteiger partial charge in [-0.3, -0.25) is 4.79 Å². The smallest absolute Gasteiger partial charge is 0.237 e. The van der Waals surface area contributed by atoms with Crippen LogP contribution in [0.1, 0.15) is 27.0 Å². The maximum atomic E-state index is 12.8. The van der Waals surface area contributed by atoms with Gasteiger partial charge in [-0.1, -0.05) is 57.2 Å². The lowest BCUT2D eigenvalue weighted by atomic mass is 9.89. The van der Waals surface area contributed by atoms with E-state index in [0.29, 0.717) is 5.88 Å². The van der Waals surface area contributed by atoms with E-state index in [0.717, 1.165) is 11.3 Å². The molecule has 0 aliphatic rings. The molecule has 0 bridgehead atoms. The van der Waals surface area contributed by atoms with Gasteiger partial charge in [0.2, 0.25) is 12.1 Å². The Labute approximate surface area is 148 Å². The number of benzene rings is 1. The second-order valence-corrected chi connectivity index (χ2v) is 6.94. The van der Waals surface area contributed by atoms with Crippen LogP contribution in [0, 0.1) is 5.41 Å². The summed E-state index contributed by atoms with van der Waals surface area (Å²) in [7, 11) is 0. The highest BCUT2D eigenvalue weighted by Gasteiger charge is 2.32. The lowest BCUT2D eigenvalue weighted by Crippen LogP contribution is -2.33. The molecule has 0 amide bonds. The number of aromatic nitrogens is 2. The molecule has 1 atom stereocenters. The molecule has 0 aliphatic carbocycles. The first kappa shape index (κ1) is 17.0. The van der Waals surface area contributed by atoms with Gasteiger partial charge in [0.05, 0.1) is 5.69 Å². The molecule has 0 N–H and O–H groups in total. The molecule has 2 aromatic heterocycles. The van der Waals surface area contributed by atoms with Crippen LogP contribution in [0.25, 0.3) is 11.3 Å². The van der Waals surface area contributed by atoms with Crippen molar-refractivity contribution in [1.29, 1.82) is 0 Å². The third-order valence-corrected chi connectivity index (χ3v) is 3.89. The van der Waals surface area contributed by atoms with Crippen molar-refractivity contribution in [2.24, 2.45) is 5.41 Å². The minimum atomic E-state index is -0.742. The van der Waals surface area contributed by atoms with Gasteiger partial charge in [-0.2, -0.15) is 0 Å². The predicted molar refractivity (Wildman–Crippen MR) is 98.2 cm³/mol. The number of nitrogens with zero attached hydrogens (tertiary/aromatic N) is 2. The summed E-state index contributed by atoms with van der Waals surface area (Å²) in [4.78, 5) is 17.4. The number of ether oxygens (including phenoxy) is 1. The first-order valence-corrected chi connectivity index (χ1v) is 8.31. The van der Waals surface area contributed by atoms with Crippen LogP contribution in [0.2, 0.25) is 0 Å². The normalized spacial score (nSPS) is 12.6. The summed E-state index contributed by atoms with van der Waals surface area (Å²) in [5, 5.41) is 0. The van der Waals surface area contributed by atoms with E-state index in [9.17, 15) is 4.79 Å². The average Bonchev–Trinajstić information content (AvgIpc) is 3.14. The zero-order chi connectivity index (χ0) is 17.9. The molecule has 25 heavy (non-hydrogen) atoms. The first-order chi connectivity index (χ1) is 11.9. The van der Waals surface area contributed by atoms with Crippen molar-refractivity contribution in [2.45, 2.75) is 27.0 Å². The van der Waals surface area contributed by atoms with Gasteiger partial charge in [0.25, 0.3) is 0 Å². The predicted octanol–water partition coefficient (Wildman–Crippen LogP) is 4.74. The summed E-state index contributed by atoms with van der Waals surface area (Å²) in [6.07, 6.45) is 2.92. The highest BCUT2D eigenvalue weighted by atomic mass is 16.5. The van der Waals surface area contributed by atoms with Crippen molar-refractivity contribution in [2.75, 3.05) is 0 Å². The van der Waals surface area contributed by atoms with Crippen molar-refractivity contribution < 1.29 is 9.53 Å². The van der Waals surface area contributed by atoms with Gasteiger partial charge in [0, 0.05) is 29.4 Å². The standard InChI is InChI=1S/C21H22N2O2/c1-21(2,3)19(24)20(23-14-7-8-15-23)25-18-13-9-12-17(22-18)16-10-5-4-6-11-16/h4-15,20H,1-3H3. The number of carbonyl (C=O) groups is 1. The van der Waals surface area contributed by atoms with E-state index in [1.807, 2.05) is 87.8 Å². The minimum Gasteiger partial charge on any atom is -0.446 e. The van der Waals surface area contributed by atoms with Crippen LogP contribution in [0.15, 0.2) is 73.1 Å². The maximum absolute atomic E-state index is 12.8. The van der Waals surface area contributed by atoms with Gasteiger partial charge in [-0.25, -0.2) is 4.98 Å². The second-order valence-electron chi connectivity index (χ2n) is 6.94. The molecule has 3 aromatic rings. The molecule has 3 rings (SSSR count). The lowest BCUT2D eigenvalue weighted by molar-refractivity contribution is -0.137.